The quantitative estimate of drug-likeness (QED) is 0.889. The predicted molar refractivity (Wildman–Crippen MR) is 88.1 cm³/mol. The van der Waals surface area contributed by atoms with E-state index >= 15 is 0 Å². The fraction of sp³-hybridized carbons (Fsp3) is 0.278. The van der Waals surface area contributed by atoms with Gasteiger partial charge in [0.15, 0.2) is 0 Å². The van der Waals surface area contributed by atoms with Gasteiger partial charge in [-0.25, -0.2) is 4.79 Å². The van der Waals surface area contributed by atoms with E-state index in [1.165, 1.54) is 0 Å². The second-order valence-electron chi connectivity index (χ2n) is 5.73. The van der Waals surface area contributed by atoms with Crippen LogP contribution in [-0.2, 0) is 4.79 Å². The second kappa shape index (κ2) is 7.05. The Kier molecular flexibility index (Phi) is 5.11. The Balaban J connectivity index is 2.24. The van der Waals surface area contributed by atoms with E-state index in [1.54, 1.807) is 32.9 Å². The van der Waals surface area contributed by atoms with Crippen molar-refractivity contribution in [3.8, 4) is 11.3 Å². The second-order valence-corrected chi connectivity index (χ2v) is 5.73. The average Bonchev–Trinajstić information content (AvgIpc) is 2.52. The zero-order valence-electron chi connectivity index (χ0n) is 13.4. The van der Waals surface area contributed by atoms with Crippen molar-refractivity contribution in [3.05, 3.63) is 53.7 Å². The number of carboxylic acids is 1. The minimum atomic E-state index is -1.04. The molecule has 0 aliphatic carbocycles. The van der Waals surface area contributed by atoms with Crippen molar-refractivity contribution < 1.29 is 14.7 Å². The van der Waals surface area contributed by atoms with Crippen molar-refractivity contribution in [1.29, 1.82) is 0 Å². The largest absolute Gasteiger partial charge is 0.480 e. The molecule has 23 heavy (non-hydrogen) atoms. The van der Waals surface area contributed by atoms with E-state index in [4.69, 9.17) is 0 Å². The van der Waals surface area contributed by atoms with Gasteiger partial charge in [-0.05, 0) is 25.0 Å². The number of nitrogens with one attached hydrogen (secondary N) is 1. The molecule has 0 spiro atoms. The van der Waals surface area contributed by atoms with Gasteiger partial charge >= 0.3 is 5.97 Å². The van der Waals surface area contributed by atoms with E-state index in [-0.39, 0.29) is 5.92 Å². The monoisotopic (exact) mass is 312 g/mol. The average molecular weight is 312 g/mol. The third-order valence-corrected chi connectivity index (χ3v) is 3.62. The van der Waals surface area contributed by atoms with Gasteiger partial charge in [-0.1, -0.05) is 44.2 Å². The highest BCUT2D eigenvalue weighted by molar-refractivity contribution is 5.97. The summed E-state index contributed by atoms with van der Waals surface area (Å²) in [5.74, 6) is -1.66. The molecule has 1 unspecified atom stereocenters. The Bertz CT molecular complexity index is 711. The van der Waals surface area contributed by atoms with Crippen molar-refractivity contribution in [3.63, 3.8) is 0 Å². The van der Waals surface area contributed by atoms with Crippen LogP contribution in [-0.4, -0.2) is 28.0 Å². The standard InChI is InChI=1S/C18H20N2O3/c1-11(2)16(18(22)23)20-17(21)14-9-10-15(19-12(14)3)13-7-5-4-6-8-13/h4-11,16H,1-3H3,(H,20,21)(H,22,23). The molecule has 0 fully saturated rings. The number of carbonyl (C=O) groups is 2. The summed E-state index contributed by atoms with van der Waals surface area (Å²) in [5, 5.41) is 11.7. The van der Waals surface area contributed by atoms with Crippen molar-refractivity contribution in [2.45, 2.75) is 26.8 Å². The highest BCUT2D eigenvalue weighted by Crippen LogP contribution is 2.18. The van der Waals surface area contributed by atoms with Crippen molar-refractivity contribution in [2.75, 3.05) is 0 Å². The van der Waals surface area contributed by atoms with Crippen molar-refractivity contribution >= 4 is 11.9 Å². The molecule has 2 rings (SSSR count). The van der Waals surface area contributed by atoms with Crippen LogP contribution < -0.4 is 5.32 Å². The summed E-state index contributed by atoms with van der Waals surface area (Å²) in [6.07, 6.45) is 0. The lowest BCUT2D eigenvalue weighted by Crippen LogP contribution is -2.44. The number of carbonyl (C=O) groups excluding carboxylic acids is 1. The van der Waals surface area contributed by atoms with Gasteiger partial charge in [0.05, 0.1) is 17.0 Å². The first kappa shape index (κ1) is 16.7. The molecule has 1 atom stereocenters. The third kappa shape index (κ3) is 3.94. The normalized spacial score (nSPS) is 12.0. The maximum atomic E-state index is 12.3. The maximum absolute atomic E-state index is 12.3. The molecule has 0 saturated carbocycles. The van der Waals surface area contributed by atoms with E-state index < -0.39 is 17.9 Å². The van der Waals surface area contributed by atoms with Crippen LogP contribution in [0.15, 0.2) is 42.5 Å². The lowest BCUT2D eigenvalue weighted by molar-refractivity contribution is -0.140. The number of hydrogen-bond acceptors (Lipinski definition) is 3. The smallest absolute Gasteiger partial charge is 0.326 e. The van der Waals surface area contributed by atoms with Gasteiger partial charge in [-0.15, -0.1) is 0 Å². The molecule has 5 heteroatoms. The molecule has 1 amide bonds. The Morgan fingerprint density at radius 3 is 2.26 bits per heavy atom. The molecular formula is C18H20N2O3. The zero-order chi connectivity index (χ0) is 17.0. The zero-order valence-corrected chi connectivity index (χ0v) is 13.4. The number of hydrogen-bond donors (Lipinski definition) is 2. The fourth-order valence-corrected chi connectivity index (χ4v) is 2.30. The van der Waals surface area contributed by atoms with Gasteiger partial charge in [0.25, 0.3) is 5.91 Å². The van der Waals surface area contributed by atoms with Crippen LogP contribution in [0.5, 0.6) is 0 Å². The summed E-state index contributed by atoms with van der Waals surface area (Å²) in [5.41, 5.74) is 2.69. The molecule has 0 radical (unpaired) electrons. The summed E-state index contributed by atoms with van der Waals surface area (Å²) >= 11 is 0. The summed E-state index contributed by atoms with van der Waals surface area (Å²) in [4.78, 5) is 28.0. The lowest BCUT2D eigenvalue weighted by atomic mass is 10.0. The SMILES string of the molecule is Cc1nc(-c2ccccc2)ccc1C(=O)NC(C(=O)O)C(C)C. The molecular weight excluding hydrogens is 292 g/mol. The van der Waals surface area contributed by atoms with Crippen LogP contribution in [0, 0.1) is 12.8 Å². The first-order valence-electron chi connectivity index (χ1n) is 7.47. The molecule has 1 aromatic heterocycles. The summed E-state index contributed by atoms with van der Waals surface area (Å²) in [6.45, 7) is 5.25. The van der Waals surface area contributed by atoms with E-state index in [0.29, 0.717) is 11.3 Å². The van der Waals surface area contributed by atoms with Gasteiger partial charge < -0.3 is 10.4 Å². The maximum Gasteiger partial charge on any atom is 0.326 e. The van der Waals surface area contributed by atoms with Crippen LogP contribution >= 0.6 is 0 Å². The first-order valence-corrected chi connectivity index (χ1v) is 7.47. The molecule has 1 aromatic carbocycles. The first-order chi connectivity index (χ1) is 10.9. The molecule has 0 bridgehead atoms. The molecule has 1 heterocycles. The van der Waals surface area contributed by atoms with E-state index in [0.717, 1.165) is 11.3 Å². The third-order valence-electron chi connectivity index (χ3n) is 3.62. The molecule has 0 aliphatic heterocycles. The summed E-state index contributed by atoms with van der Waals surface area (Å²) in [6, 6.07) is 12.2. The van der Waals surface area contributed by atoms with E-state index in [1.807, 2.05) is 30.3 Å². The molecule has 0 saturated heterocycles. The lowest BCUT2D eigenvalue weighted by Gasteiger charge is -2.18. The molecule has 2 N–H and O–H groups in total. The molecule has 0 aliphatic rings. The van der Waals surface area contributed by atoms with Gasteiger partial charge in [-0.2, -0.15) is 0 Å². The van der Waals surface area contributed by atoms with E-state index in [2.05, 4.69) is 10.3 Å². The van der Waals surface area contributed by atoms with Crippen LogP contribution in [0.2, 0.25) is 0 Å². The molecule has 5 nitrogen and oxygen atoms in total. The van der Waals surface area contributed by atoms with Gasteiger partial charge in [0, 0.05) is 5.56 Å². The van der Waals surface area contributed by atoms with Gasteiger partial charge in [0.1, 0.15) is 6.04 Å². The van der Waals surface area contributed by atoms with E-state index in [9.17, 15) is 14.7 Å². The van der Waals surface area contributed by atoms with Crippen LogP contribution in [0.1, 0.15) is 29.9 Å². The Morgan fingerprint density at radius 1 is 1.09 bits per heavy atom. The van der Waals surface area contributed by atoms with Crippen LogP contribution in [0.4, 0.5) is 0 Å². The Labute approximate surface area is 135 Å². The Hall–Kier alpha value is -2.69. The number of amides is 1. The molecule has 120 valence electrons. The van der Waals surface area contributed by atoms with Crippen molar-refractivity contribution in [2.24, 2.45) is 5.92 Å². The number of benzene rings is 1. The number of aromatic nitrogens is 1. The van der Waals surface area contributed by atoms with Crippen LogP contribution in [0.3, 0.4) is 0 Å². The summed E-state index contributed by atoms with van der Waals surface area (Å²) in [7, 11) is 0. The highest BCUT2D eigenvalue weighted by Gasteiger charge is 2.24. The number of carboxylic acid groups (broad SMARTS) is 1. The fourth-order valence-electron chi connectivity index (χ4n) is 2.30. The number of pyridine rings is 1. The number of aliphatic carboxylic acids is 1. The minimum Gasteiger partial charge on any atom is -0.480 e. The minimum absolute atomic E-state index is 0.201. The van der Waals surface area contributed by atoms with Gasteiger partial charge in [-0.3, -0.25) is 9.78 Å². The van der Waals surface area contributed by atoms with Gasteiger partial charge in [0.2, 0.25) is 0 Å². The molecule has 2 aromatic rings. The number of rotatable bonds is 5. The van der Waals surface area contributed by atoms with Crippen LogP contribution in [0.25, 0.3) is 11.3 Å². The topological polar surface area (TPSA) is 79.3 Å². The predicted octanol–water partition coefficient (Wildman–Crippen LogP) is 2.90. The Morgan fingerprint density at radius 2 is 1.74 bits per heavy atom. The number of aryl methyl sites for hydroxylation is 1. The summed E-state index contributed by atoms with van der Waals surface area (Å²) < 4.78 is 0. The highest BCUT2D eigenvalue weighted by atomic mass is 16.4. The number of nitrogens with zero attached hydrogens (tertiary/aromatic N) is 1. The van der Waals surface area contributed by atoms with Crippen molar-refractivity contribution in [1.82, 2.24) is 10.3 Å².